The number of nitrogens with zero attached hydrogens (tertiary/aromatic N) is 4. The van der Waals surface area contributed by atoms with E-state index in [9.17, 15) is 10.1 Å². The number of nitrogens with one attached hydrogen (secondary N) is 1. The number of hydrogen-bond donors (Lipinski definition) is 1. The van der Waals surface area contributed by atoms with Gasteiger partial charge in [0.1, 0.15) is 6.33 Å². The van der Waals surface area contributed by atoms with Gasteiger partial charge in [-0.15, -0.1) is 0 Å². The zero-order valence-corrected chi connectivity index (χ0v) is 18.1. The van der Waals surface area contributed by atoms with Gasteiger partial charge < -0.3 is 10.2 Å². The van der Waals surface area contributed by atoms with E-state index in [0.717, 1.165) is 25.8 Å². The summed E-state index contributed by atoms with van der Waals surface area (Å²) in [4.78, 5) is 22.2. The lowest BCUT2D eigenvalue weighted by Gasteiger charge is -2.39. The van der Waals surface area contributed by atoms with E-state index >= 15 is 0 Å². The SMILES string of the molecule is CC1(C)CC2CC(C)(CN2c2ncnc(Nc3ccc(Cl)cc3Cl)c2[N+](=O)[O-])C1. The van der Waals surface area contributed by atoms with Crippen molar-refractivity contribution in [2.24, 2.45) is 10.8 Å². The van der Waals surface area contributed by atoms with Gasteiger partial charge in [0.05, 0.1) is 15.6 Å². The quantitative estimate of drug-likeness (QED) is 0.479. The summed E-state index contributed by atoms with van der Waals surface area (Å²) in [5.41, 5.74) is 0.689. The molecule has 154 valence electrons. The van der Waals surface area contributed by atoms with Crippen LogP contribution < -0.4 is 10.2 Å². The molecule has 2 aliphatic rings. The van der Waals surface area contributed by atoms with Gasteiger partial charge in [0.25, 0.3) is 0 Å². The molecular weight excluding hydrogens is 413 g/mol. The molecule has 1 saturated carbocycles. The molecule has 1 aliphatic heterocycles. The van der Waals surface area contributed by atoms with Gasteiger partial charge in [0, 0.05) is 17.6 Å². The predicted octanol–water partition coefficient (Wildman–Crippen LogP) is 5.84. The number of aromatic nitrogens is 2. The third-order valence-electron chi connectivity index (χ3n) is 5.86. The van der Waals surface area contributed by atoms with E-state index in [1.54, 1.807) is 18.2 Å². The Morgan fingerprint density at radius 2 is 2.00 bits per heavy atom. The average Bonchev–Trinajstić information content (AvgIpc) is 2.85. The first-order chi connectivity index (χ1) is 13.6. The Hall–Kier alpha value is -2.12. The predicted molar refractivity (Wildman–Crippen MR) is 115 cm³/mol. The Morgan fingerprint density at radius 1 is 1.24 bits per heavy atom. The Morgan fingerprint density at radius 3 is 2.69 bits per heavy atom. The smallest absolute Gasteiger partial charge is 0.347 e. The van der Waals surface area contributed by atoms with Crippen LogP contribution in [0.1, 0.15) is 40.0 Å². The van der Waals surface area contributed by atoms with Crippen molar-refractivity contribution in [3.63, 3.8) is 0 Å². The third-order valence-corrected chi connectivity index (χ3v) is 6.40. The fourth-order valence-electron chi connectivity index (χ4n) is 5.27. The Balaban J connectivity index is 1.74. The van der Waals surface area contributed by atoms with Crippen molar-refractivity contribution in [2.45, 2.75) is 46.1 Å². The molecule has 0 spiro atoms. The van der Waals surface area contributed by atoms with Crippen LogP contribution in [0.5, 0.6) is 0 Å². The van der Waals surface area contributed by atoms with Gasteiger partial charge >= 0.3 is 5.69 Å². The first kappa shape index (κ1) is 20.2. The second-order valence-corrected chi connectivity index (χ2v) is 10.1. The molecule has 1 aromatic heterocycles. The molecule has 2 fully saturated rings. The fourth-order valence-corrected chi connectivity index (χ4v) is 5.72. The van der Waals surface area contributed by atoms with E-state index in [1.165, 1.54) is 6.33 Å². The molecule has 29 heavy (non-hydrogen) atoms. The molecule has 2 heterocycles. The fraction of sp³-hybridized carbons (Fsp3) is 0.500. The molecule has 1 N–H and O–H groups in total. The van der Waals surface area contributed by atoms with Crippen molar-refractivity contribution >= 4 is 46.2 Å². The lowest BCUT2D eigenvalue weighted by molar-refractivity contribution is -0.383. The van der Waals surface area contributed by atoms with E-state index in [4.69, 9.17) is 23.2 Å². The maximum atomic E-state index is 12.0. The van der Waals surface area contributed by atoms with Gasteiger partial charge in [-0.05, 0) is 48.3 Å². The molecular formula is C20H23Cl2N5O2. The number of benzene rings is 1. The molecule has 0 radical (unpaired) electrons. The standard InChI is InChI=1S/C20H23Cl2N5O2/c1-19(2)7-13-8-20(3,9-19)10-26(13)18-16(27(28)29)17(23-11-24-18)25-15-5-4-12(21)6-14(15)22/h4-6,11,13H,7-10H2,1-3H3,(H,23,24,25). The summed E-state index contributed by atoms with van der Waals surface area (Å²) in [5.74, 6) is 0.485. The number of halogens is 2. The van der Waals surface area contributed by atoms with E-state index in [-0.39, 0.29) is 28.4 Å². The van der Waals surface area contributed by atoms with Crippen LogP contribution in [0.3, 0.4) is 0 Å². The highest BCUT2D eigenvalue weighted by Gasteiger charge is 2.51. The topological polar surface area (TPSA) is 84.2 Å². The molecule has 2 bridgehead atoms. The summed E-state index contributed by atoms with van der Waals surface area (Å²) in [6.07, 6.45) is 4.46. The number of rotatable bonds is 4. The zero-order chi connectivity index (χ0) is 21.0. The van der Waals surface area contributed by atoms with Gasteiger partial charge in [-0.3, -0.25) is 10.1 Å². The summed E-state index contributed by atoms with van der Waals surface area (Å²) < 4.78 is 0. The van der Waals surface area contributed by atoms with E-state index in [0.29, 0.717) is 21.6 Å². The maximum Gasteiger partial charge on any atom is 0.353 e. The molecule has 1 saturated heterocycles. The first-order valence-corrected chi connectivity index (χ1v) is 10.3. The number of anilines is 3. The van der Waals surface area contributed by atoms with Crippen LogP contribution in [-0.2, 0) is 0 Å². The summed E-state index contributed by atoms with van der Waals surface area (Å²) in [6.45, 7) is 7.55. The molecule has 9 heteroatoms. The number of hydrogen-bond acceptors (Lipinski definition) is 6. The Bertz CT molecular complexity index is 983. The van der Waals surface area contributed by atoms with Crippen LogP contribution in [0, 0.1) is 20.9 Å². The van der Waals surface area contributed by atoms with Gasteiger partial charge in [-0.1, -0.05) is 44.0 Å². The normalized spacial score (nSPS) is 25.1. The van der Waals surface area contributed by atoms with Crippen LogP contribution in [0.4, 0.5) is 23.0 Å². The second-order valence-electron chi connectivity index (χ2n) is 9.24. The molecule has 2 aromatic rings. The highest BCUT2D eigenvalue weighted by Crippen LogP contribution is 2.54. The van der Waals surface area contributed by atoms with Crippen molar-refractivity contribution < 1.29 is 4.92 Å². The largest absolute Gasteiger partial charge is 0.353 e. The molecule has 0 amide bonds. The average molecular weight is 436 g/mol. The highest BCUT2D eigenvalue weighted by atomic mass is 35.5. The van der Waals surface area contributed by atoms with E-state index in [2.05, 4.69) is 41.0 Å². The van der Waals surface area contributed by atoms with Crippen LogP contribution in [-0.4, -0.2) is 27.5 Å². The molecule has 4 rings (SSSR count). The lowest BCUT2D eigenvalue weighted by atomic mass is 9.65. The monoisotopic (exact) mass is 435 g/mol. The minimum absolute atomic E-state index is 0.120. The zero-order valence-electron chi connectivity index (χ0n) is 16.6. The Kier molecular flexibility index (Phi) is 4.86. The number of nitro groups is 1. The van der Waals surface area contributed by atoms with Gasteiger partial charge in [-0.2, -0.15) is 0 Å². The minimum atomic E-state index is -0.419. The highest BCUT2D eigenvalue weighted by molar-refractivity contribution is 6.36. The van der Waals surface area contributed by atoms with E-state index in [1.807, 2.05) is 0 Å². The van der Waals surface area contributed by atoms with Crippen LogP contribution in [0.15, 0.2) is 24.5 Å². The van der Waals surface area contributed by atoms with Gasteiger partial charge in [-0.25, -0.2) is 9.97 Å². The minimum Gasteiger partial charge on any atom is -0.347 e. The molecule has 7 nitrogen and oxygen atoms in total. The molecule has 1 aromatic carbocycles. The third kappa shape index (κ3) is 3.85. The number of fused-ring (bicyclic) bond motifs is 2. The lowest BCUT2D eigenvalue weighted by Crippen LogP contribution is -2.35. The van der Waals surface area contributed by atoms with Gasteiger partial charge in [0.15, 0.2) is 0 Å². The van der Waals surface area contributed by atoms with Crippen LogP contribution >= 0.6 is 23.2 Å². The first-order valence-electron chi connectivity index (χ1n) is 9.55. The molecule has 2 unspecified atom stereocenters. The molecule has 1 aliphatic carbocycles. The van der Waals surface area contributed by atoms with Crippen LogP contribution in [0.25, 0.3) is 0 Å². The summed E-state index contributed by atoms with van der Waals surface area (Å²) in [6, 6.07) is 5.13. The maximum absolute atomic E-state index is 12.0. The summed E-state index contributed by atoms with van der Waals surface area (Å²) in [7, 11) is 0. The van der Waals surface area contributed by atoms with Gasteiger partial charge in [0.2, 0.25) is 11.6 Å². The van der Waals surface area contributed by atoms with E-state index < -0.39 is 4.92 Å². The van der Waals surface area contributed by atoms with Crippen molar-refractivity contribution in [1.29, 1.82) is 0 Å². The summed E-state index contributed by atoms with van der Waals surface area (Å²) >= 11 is 12.2. The van der Waals surface area contributed by atoms with Crippen molar-refractivity contribution in [3.8, 4) is 0 Å². The molecule has 2 atom stereocenters. The van der Waals surface area contributed by atoms with Crippen molar-refractivity contribution in [2.75, 3.05) is 16.8 Å². The Labute approximate surface area is 179 Å². The van der Waals surface area contributed by atoms with Crippen molar-refractivity contribution in [3.05, 3.63) is 44.7 Å². The van der Waals surface area contributed by atoms with Crippen molar-refractivity contribution in [1.82, 2.24) is 9.97 Å². The van der Waals surface area contributed by atoms with Crippen LogP contribution in [0.2, 0.25) is 10.0 Å². The summed E-state index contributed by atoms with van der Waals surface area (Å²) in [5, 5.41) is 15.9. The second kappa shape index (κ2) is 6.99.